The molecule has 0 saturated heterocycles. The highest BCUT2D eigenvalue weighted by Gasteiger charge is 2.21. The van der Waals surface area contributed by atoms with Crippen molar-refractivity contribution in [2.24, 2.45) is 0 Å². The van der Waals surface area contributed by atoms with Crippen LogP contribution in [0.4, 0.5) is 0 Å². The predicted octanol–water partition coefficient (Wildman–Crippen LogP) is 2.51. The predicted molar refractivity (Wildman–Crippen MR) is 78.4 cm³/mol. The molecule has 1 rings (SSSR count). The van der Waals surface area contributed by atoms with E-state index < -0.39 is 18.1 Å². The molecule has 0 aromatic heterocycles. The van der Waals surface area contributed by atoms with Gasteiger partial charge in [0.25, 0.3) is 0 Å². The lowest BCUT2D eigenvalue weighted by Gasteiger charge is -2.20. The Hall–Kier alpha value is -1.40. The molecule has 0 radical (unpaired) electrons. The van der Waals surface area contributed by atoms with E-state index in [1.165, 1.54) is 0 Å². The summed E-state index contributed by atoms with van der Waals surface area (Å²) < 4.78 is 6.09. The van der Waals surface area contributed by atoms with Crippen molar-refractivity contribution in [2.75, 3.05) is 6.61 Å². The highest BCUT2D eigenvalue weighted by atomic mass is 79.9. The highest BCUT2D eigenvalue weighted by molar-refractivity contribution is 9.10. The first-order valence-corrected chi connectivity index (χ1v) is 7.12. The van der Waals surface area contributed by atoms with Gasteiger partial charge in [0.15, 0.2) is 0 Å². The zero-order valence-corrected chi connectivity index (χ0v) is 13.0. The van der Waals surface area contributed by atoms with Crippen LogP contribution in [-0.4, -0.2) is 29.7 Å². The molecule has 0 fully saturated rings. The Labute approximate surface area is 126 Å². The van der Waals surface area contributed by atoms with Crippen LogP contribution in [0, 0.1) is 0 Å². The molecule has 2 N–H and O–H groups in total. The number of halogens is 1. The number of carboxylic acid groups (broad SMARTS) is 1. The third-order valence-electron chi connectivity index (χ3n) is 2.75. The standard InChI is InChI=1S/C14H18BrNO4/c1-3-20-9(2)14(19)16-12(8-13(17)18)10-4-6-11(15)7-5-10/h4-7,9,12H,3,8H2,1-2H3,(H,16,19)(H,17,18)/t9-,12-/m1/s1. The van der Waals surface area contributed by atoms with Crippen molar-refractivity contribution >= 4 is 27.8 Å². The molecule has 0 saturated carbocycles. The van der Waals surface area contributed by atoms with Crippen molar-refractivity contribution < 1.29 is 19.4 Å². The smallest absolute Gasteiger partial charge is 0.305 e. The Bertz CT molecular complexity index is 461. The van der Waals surface area contributed by atoms with Crippen molar-refractivity contribution in [1.29, 1.82) is 0 Å². The van der Waals surface area contributed by atoms with Crippen LogP contribution in [0.25, 0.3) is 0 Å². The number of carbonyl (C=O) groups is 2. The molecule has 0 aliphatic rings. The third kappa shape index (κ3) is 5.30. The van der Waals surface area contributed by atoms with E-state index in [-0.39, 0.29) is 12.3 Å². The van der Waals surface area contributed by atoms with Gasteiger partial charge in [-0.1, -0.05) is 28.1 Å². The minimum absolute atomic E-state index is 0.174. The Morgan fingerprint density at radius 3 is 2.45 bits per heavy atom. The zero-order chi connectivity index (χ0) is 15.1. The summed E-state index contributed by atoms with van der Waals surface area (Å²) in [5.74, 6) is -1.29. The van der Waals surface area contributed by atoms with Gasteiger partial charge in [-0.15, -0.1) is 0 Å². The SMILES string of the molecule is CCO[C@H](C)C(=O)N[C@H](CC(=O)O)c1ccc(Br)cc1. The summed E-state index contributed by atoms with van der Waals surface area (Å²) in [7, 11) is 0. The molecule has 1 aromatic rings. The van der Waals surface area contributed by atoms with Gasteiger partial charge in [0.2, 0.25) is 5.91 Å². The maximum absolute atomic E-state index is 11.9. The maximum Gasteiger partial charge on any atom is 0.305 e. The Kier molecular flexibility index (Phi) is 6.67. The van der Waals surface area contributed by atoms with Crippen LogP contribution in [0.5, 0.6) is 0 Å². The van der Waals surface area contributed by atoms with Gasteiger partial charge in [-0.2, -0.15) is 0 Å². The molecule has 0 spiro atoms. The molecule has 0 aliphatic carbocycles. The van der Waals surface area contributed by atoms with E-state index in [0.717, 1.165) is 10.0 Å². The second kappa shape index (κ2) is 8.01. The van der Waals surface area contributed by atoms with Crippen LogP contribution < -0.4 is 5.32 Å². The number of aliphatic carboxylic acids is 1. The topological polar surface area (TPSA) is 75.6 Å². The number of carbonyl (C=O) groups excluding carboxylic acids is 1. The van der Waals surface area contributed by atoms with E-state index in [4.69, 9.17) is 9.84 Å². The first-order valence-electron chi connectivity index (χ1n) is 6.33. The Balaban J connectivity index is 2.81. The molecule has 0 bridgehead atoms. The molecular weight excluding hydrogens is 326 g/mol. The largest absolute Gasteiger partial charge is 0.481 e. The lowest BCUT2D eigenvalue weighted by Crippen LogP contribution is -2.38. The molecule has 6 heteroatoms. The Morgan fingerprint density at radius 2 is 1.95 bits per heavy atom. The van der Waals surface area contributed by atoms with Crippen LogP contribution in [0.3, 0.4) is 0 Å². The third-order valence-corrected chi connectivity index (χ3v) is 3.28. The lowest BCUT2D eigenvalue weighted by atomic mass is 10.0. The van der Waals surface area contributed by atoms with Gasteiger partial charge in [0.05, 0.1) is 12.5 Å². The number of ether oxygens (including phenoxy) is 1. The number of benzene rings is 1. The van der Waals surface area contributed by atoms with Crippen LogP contribution in [0.1, 0.15) is 31.9 Å². The number of amides is 1. The minimum atomic E-state index is -0.970. The summed E-state index contributed by atoms with van der Waals surface area (Å²) >= 11 is 3.32. The molecule has 2 atom stereocenters. The second-order valence-corrected chi connectivity index (χ2v) is 5.22. The van der Waals surface area contributed by atoms with Gasteiger partial charge in [-0.25, -0.2) is 0 Å². The molecule has 1 amide bonds. The highest BCUT2D eigenvalue weighted by Crippen LogP contribution is 2.20. The zero-order valence-electron chi connectivity index (χ0n) is 11.4. The van der Waals surface area contributed by atoms with Crippen LogP contribution in [0.2, 0.25) is 0 Å². The average molecular weight is 344 g/mol. The molecule has 1 aromatic carbocycles. The summed E-state index contributed by atoms with van der Waals surface area (Å²) in [5, 5.41) is 11.7. The van der Waals surface area contributed by atoms with Crippen molar-refractivity contribution in [1.82, 2.24) is 5.32 Å². The van der Waals surface area contributed by atoms with Crippen LogP contribution in [0.15, 0.2) is 28.7 Å². The van der Waals surface area contributed by atoms with E-state index >= 15 is 0 Å². The van der Waals surface area contributed by atoms with Gasteiger partial charge in [-0.05, 0) is 31.5 Å². The number of carboxylic acids is 1. The lowest BCUT2D eigenvalue weighted by molar-refractivity contribution is -0.138. The van der Waals surface area contributed by atoms with E-state index in [2.05, 4.69) is 21.2 Å². The molecule has 0 heterocycles. The summed E-state index contributed by atoms with van der Waals surface area (Å²) in [5.41, 5.74) is 0.743. The maximum atomic E-state index is 11.9. The summed E-state index contributed by atoms with van der Waals surface area (Å²) in [4.78, 5) is 22.9. The number of hydrogen-bond donors (Lipinski definition) is 2. The van der Waals surface area contributed by atoms with Gasteiger partial charge >= 0.3 is 5.97 Å². The van der Waals surface area contributed by atoms with Crippen molar-refractivity contribution in [3.63, 3.8) is 0 Å². The number of nitrogens with one attached hydrogen (secondary N) is 1. The van der Waals surface area contributed by atoms with Crippen LogP contribution in [-0.2, 0) is 14.3 Å². The summed E-state index contributed by atoms with van der Waals surface area (Å²) in [6.07, 6.45) is -0.779. The van der Waals surface area contributed by atoms with Crippen molar-refractivity contribution in [2.45, 2.75) is 32.4 Å². The summed E-state index contributed by atoms with van der Waals surface area (Å²) in [6, 6.07) is 6.60. The summed E-state index contributed by atoms with van der Waals surface area (Å²) in [6.45, 7) is 3.86. The molecule has 20 heavy (non-hydrogen) atoms. The van der Waals surface area contributed by atoms with Gasteiger partial charge < -0.3 is 15.2 Å². The molecule has 0 unspecified atom stereocenters. The minimum Gasteiger partial charge on any atom is -0.481 e. The van der Waals surface area contributed by atoms with Gasteiger partial charge in [0.1, 0.15) is 6.10 Å². The van der Waals surface area contributed by atoms with Gasteiger partial charge in [0, 0.05) is 11.1 Å². The normalized spacial score (nSPS) is 13.6. The molecule has 5 nitrogen and oxygen atoms in total. The fourth-order valence-electron chi connectivity index (χ4n) is 1.74. The fourth-order valence-corrected chi connectivity index (χ4v) is 2.00. The van der Waals surface area contributed by atoms with E-state index in [9.17, 15) is 9.59 Å². The average Bonchev–Trinajstić information content (AvgIpc) is 2.38. The monoisotopic (exact) mass is 343 g/mol. The van der Waals surface area contributed by atoms with E-state index in [1.54, 1.807) is 26.0 Å². The Morgan fingerprint density at radius 1 is 1.35 bits per heavy atom. The first-order chi connectivity index (χ1) is 9.43. The van der Waals surface area contributed by atoms with Crippen molar-refractivity contribution in [3.8, 4) is 0 Å². The van der Waals surface area contributed by atoms with Crippen LogP contribution >= 0.6 is 15.9 Å². The quantitative estimate of drug-likeness (QED) is 0.797. The van der Waals surface area contributed by atoms with E-state index in [1.807, 2.05) is 12.1 Å². The fraction of sp³-hybridized carbons (Fsp3) is 0.429. The van der Waals surface area contributed by atoms with E-state index in [0.29, 0.717) is 6.61 Å². The number of rotatable bonds is 7. The molecule has 0 aliphatic heterocycles. The second-order valence-electron chi connectivity index (χ2n) is 4.31. The first kappa shape index (κ1) is 16.7. The van der Waals surface area contributed by atoms with Crippen molar-refractivity contribution in [3.05, 3.63) is 34.3 Å². The molecule has 110 valence electrons. The van der Waals surface area contributed by atoms with Gasteiger partial charge in [-0.3, -0.25) is 9.59 Å². The number of hydrogen-bond acceptors (Lipinski definition) is 3. The molecular formula is C14H18BrNO4.